The van der Waals surface area contributed by atoms with Crippen LogP contribution in [0.1, 0.15) is 23.6 Å². The minimum absolute atomic E-state index is 0.0220. The van der Waals surface area contributed by atoms with Gasteiger partial charge in [0, 0.05) is 6.54 Å². The van der Waals surface area contributed by atoms with Crippen molar-refractivity contribution in [3.8, 4) is 11.5 Å². The second-order valence-corrected chi connectivity index (χ2v) is 11.5. The topological polar surface area (TPSA) is 126 Å². The van der Waals surface area contributed by atoms with E-state index in [1.165, 1.54) is 18.3 Å². The van der Waals surface area contributed by atoms with Gasteiger partial charge in [0.05, 0.1) is 23.4 Å². The molecule has 0 aliphatic rings. The van der Waals surface area contributed by atoms with Gasteiger partial charge in [-0.2, -0.15) is 5.10 Å². The van der Waals surface area contributed by atoms with Crippen molar-refractivity contribution in [2.45, 2.75) is 25.3 Å². The Labute approximate surface area is 257 Å². The molecule has 228 valence electrons. The molecule has 4 aromatic carbocycles. The molecule has 0 atom stereocenters. The Bertz CT molecular complexity index is 1660. The van der Waals surface area contributed by atoms with Crippen LogP contribution >= 0.6 is 0 Å². The van der Waals surface area contributed by atoms with E-state index >= 15 is 0 Å². The lowest BCUT2D eigenvalue weighted by Crippen LogP contribution is -2.39. The third kappa shape index (κ3) is 9.17. The van der Waals surface area contributed by atoms with Gasteiger partial charge in [-0.1, -0.05) is 48.0 Å². The lowest BCUT2D eigenvalue weighted by Gasteiger charge is -2.24. The highest BCUT2D eigenvalue weighted by Gasteiger charge is 2.27. The molecule has 0 aromatic heterocycles. The number of hydrogen-bond donors (Lipinski definition) is 2. The van der Waals surface area contributed by atoms with Gasteiger partial charge in [0.1, 0.15) is 18.0 Å². The summed E-state index contributed by atoms with van der Waals surface area (Å²) < 4.78 is 39.1. The van der Waals surface area contributed by atoms with Gasteiger partial charge in [-0.05, 0) is 85.6 Å². The fourth-order valence-corrected chi connectivity index (χ4v) is 5.44. The lowest BCUT2D eigenvalue weighted by molar-refractivity contribution is -0.123. The molecule has 0 spiro atoms. The number of hydrogen-bond acceptors (Lipinski definition) is 7. The molecule has 0 aliphatic carbocycles. The fraction of sp³-hybridized carbons (Fsp3) is 0.182. The van der Waals surface area contributed by atoms with Crippen molar-refractivity contribution in [2.75, 3.05) is 24.1 Å². The molecule has 0 bridgehead atoms. The van der Waals surface area contributed by atoms with Crippen LogP contribution in [0.25, 0.3) is 0 Å². The van der Waals surface area contributed by atoms with E-state index in [4.69, 9.17) is 9.47 Å². The average Bonchev–Trinajstić information content (AvgIpc) is 3.03. The van der Waals surface area contributed by atoms with E-state index in [1.54, 1.807) is 60.7 Å². The van der Waals surface area contributed by atoms with Gasteiger partial charge in [0.2, 0.25) is 0 Å². The summed E-state index contributed by atoms with van der Waals surface area (Å²) in [5, 5.41) is 6.78. The van der Waals surface area contributed by atoms with E-state index in [1.807, 2.05) is 44.2 Å². The number of hydrazone groups is 1. The summed E-state index contributed by atoms with van der Waals surface area (Å²) in [6, 6.07) is 29.2. The number of anilines is 1. The minimum atomic E-state index is -4.08. The molecule has 0 saturated heterocycles. The predicted octanol–water partition coefficient (Wildman–Crippen LogP) is 4.43. The van der Waals surface area contributed by atoms with E-state index in [0.717, 1.165) is 15.4 Å². The first-order chi connectivity index (χ1) is 21.2. The van der Waals surface area contributed by atoms with Crippen LogP contribution < -0.4 is 24.5 Å². The molecule has 2 amide bonds. The Balaban J connectivity index is 1.33. The SMILES string of the molecule is CCOc1ccc(S(=O)(=O)N(CC(=O)N/N=C\c2ccc(OCC(=O)NCc3ccccc3)cc2)c2ccc(C)cc2)cc1. The number of sulfonamides is 1. The van der Waals surface area contributed by atoms with Gasteiger partial charge in [-0.25, -0.2) is 13.8 Å². The van der Waals surface area contributed by atoms with Crippen molar-refractivity contribution in [3.63, 3.8) is 0 Å². The highest BCUT2D eigenvalue weighted by atomic mass is 32.2. The van der Waals surface area contributed by atoms with Crippen LogP contribution in [0.3, 0.4) is 0 Å². The van der Waals surface area contributed by atoms with Crippen LogP contribution in [0.5, 0.6) is 11.5 Å². The summed E-state index contributed by atoms with van der Waals surface area (Å²) in [4.78, 5) is 24.9. The van der Waals surface area contributed by atoms with Crippen molar-refractivity contribution >= 4 is 33.7 Å². The summed E-state index contributed by atoms with van der Waals surface area (Å²) in [5.41, 5.74) is 5.33. The Morgan fingerprint density at radius 3 is 2.11 bits per heavy atom. The molecule has 44 heavy (non-hydrogen) atoms. The molecule has 0 unspecified atom stereocenters. The highest BCUT2D eigenvalue weighted by Crippen LogP contribution is 2.25. The quantitative estimate of drug-likeness (QED) is 0.160. The van der Waals surface area contributed by atoms with Crippen molar-refractivity contribution in [2.24, 2.45) is 5.10 Å². The van der Waals surface area contributed by atoms with Gasteiger partial charge in [0.15, 0.2) is 6.61 Å². The zero-order valence-corrected chi connectivity index (χ0v) is 25.3. The first-order valence-electron chi connectivity index (χ1n) is 13.9. The van der Waals surface area contributed by atoms with Crippen LogP contribution in [0.15, 0.2) is 113 Å². The molecule has 4 rings (SSSR count). The van der Waals surface area contributed by atoms with Gasteiger partial charge < -0.3 is 14.8 Å². The monoisotopic (exact) mass is 614 g/mol. The number of carbonyl (C=O) groups excluding carboxylic acids is 2. The number of ether oxygens (including phenoxy) is 2. The molecule has 0 radical (unpaired) electrons. The molecule has 0 saturated carbocycles. The largest absolute Gasteiger partial charge is 0.494 e. The van der Waals surface area contributed by atoms with Gasteiger partial charge in [-0.15, -0.1) is 0 Å². The second-order valence-electron chi connectivity index (χ2n) is 9.66. The van der Waals surface area contributed by atoms with Gasteiger partial charge >= 0.3 is 0 Å². The summed E-state index contributed by atoms with van der Waals surface area (Å²) in [5.74, 6) is 0.169. The number of nitrogens with zero attached hydrogens (tertiary/aromatic N) is 2. The molecule has 4 aromatic rings. The predicted molar refractivity (Wildman–Crippen MR) is 169 cm³/mol. The van der Waals surface area contributed by atoms with Crippen molar-refractivity contribution in [1.29, 1.82) is 0 Å². The summed E-state index contributed by atoms with van der Waals surface area (Å²) in [7, 11) is -4.08. The second kappa shape index (κ2) is 15.4. The number of amides is 2. The molecule has 0 fully saturated rings. The Hall–Kier alpha value is -5.16. The van der Waals surface area contributed by atoms with E-state index < -0.39 is 22.5 Å². The molecule has 0 aliphatic heterocycles. The number of aryl methyl sites for hydroxylation is 1. The van der Waals surface area contributed by atoms with Gasteiger partial charge in [0.25, 0.3) is 21.8 Å². The number of carbonyl (C=O) groups is 2. The smallest absolute Gasteiger partial charge is 0.264 e. The summed E-state index contributed by atoms with van der Waals surface area (Å²) in [6.07, 6.45) is 1.42. The standard InChI is InChI=1S/C33H34N4O6S/c1-3-42-29-17-19-31(20-18-29)44(40,41)37(28-13-9-25(2)10-14-28)23-32(38)36-35-22-27-11-15-30(16-12-27)43-24-33(39)34-21-26-7-5-4-6-8-26/h4-20,22H,3,21,23-24H2,1-2H3,(H,34,39)(H,36,38)/b35-22-. The molecule has 11 heteroatoms. The van der Waals surface area contributed by atoms with E-state index in [0.29, 0.717) is 35.9 Å². The number of nitrogens with one attached hydrogen (secondary N) is 2. The summed E-state index contributed by atoms with van der Waals surface area (Å²) in [6.45, 7) is 3.97. The minimum Gasteiger partial charge on any atom is -0.494 e. The molecule has 2 N–H and O–H groups in total. The molecule has 10 nitrogen and oxygen atoms in total. The molecular weight excluding hydrogens is 580 g/mol. The third-order valence-electron chi connectivity index (χ3n) is 6.32. The highest BCUT2D eigenvalue weighted by molar-refractivity contribution is 7.92. The third-order valence-corrected chi connectivity index (χ3v) is 8.11. The van der Waals surface area contributed by atoms with Crippen molar-refractivity contribution in [1.82, 2.24) is 10.7 Å². The van der Waals surface area contributed by atoms with Crippen LogP contribution in [-0.2, 0) is 26.2 Å². The average molecular weight is 615 g/mol. The first-order valence-corrected chi connectivity index (χ1v) is 15.4. The first kappa shape index (κ1) is 31.8. The maximum Gasteiger partial charge on any atom is 0.264 e. The van der Waals surface area contributed by atoms with E-state index in [9.17, 15) is 18.0 Å². The zero-order valence-electron chi connectivity index (χ0n) is 24.5. The van der Waals surface area contributed by atoms with Crippen LogP contribution in [0.4, 0.5) is 5.69 Å². The number of benzene rings is 4. The Morgan fingerprint density at radius 1 is 0.818 bits per heavy atom. The lowest BCUT2D eigenvalue weighted by atomic mass is 10.2. The summed E-state index contributed by atoms with van der Waals surface area (Å²) >= 11 is 0. The zero-order chi connectivity index (χ0) is 31.4. The van der Waals surface area contributed by atoms with E-state index in [-0.39, 0.29) is 17.4 Å². The molecule has 0 heterocycles. The van der Waals surface area contributed by atoms with Crippen LogP contribution in [0.2, 0.25) is 0 Å². The number of rotatable bonds is 14. The van der Waals surface area contributed by atoms with Gasteiger partial charge in [-0.3, -0.25) is 13.9 Å². The van der Waals surface area contributed by atoms with Crippen molar-refractivity contribution in [3.05, 3.63) is 120 Å². The molecular formula is C33H34N4O6S. The van der Waals surface area contributed by atoms with Crippen LogP contribution in [-0.4, -0.2) is 46.2 Å². The normalized spacial score (nSPS) is 11.1. The maximum absolute atomic E-state index is 13.6. The fourth-order valence-electron chi connectivity index (χ4n) is 4.02. The van der Waals surface area contributed by atoms with Crippen molar-refractivity contribution < 1.29 is 27.5 Å². The Morgan fingerprint density at radius 2 is 1.45 bits per heavy atom. The van der Waals surface area contributed by atoms with Crippen LogP contribution in [0, 0.1) is 6.92 Å². The maximum atomic E-state index is 13.6. The Kier molecular flexibility index (Phi) is 11.1. The van der Waals surface area contributed by atoms with E-state index in [2.05, 4.69) is 15.8 Å².